The van der Waals surface area contributed by atoms with Crippen molar-refractivity contribution >= 4 is 5.97 Å². The number of rotatable bonds is 7. The normalized spacial score (nSPS) is 15.7. The SMILES string of the molecule is COC(=O)[C@@H](N[C@H](CO)c1ccccc1)[C@@H](O)C(C)C. The first-order valence-corrected chi connectivity index (χ1v) is 6.69. The van der Waals surface area contributed by atoms with E-state index >= 15 is 0 Å². The summed E-state index contributed by atoms with van der Waals surface area (Å²) in [7, 11) is 1.28. The highest BCUT2D eigenvalue weighted by molar-refractivity contribution is 5.76. The van der Waals surface area contributed by atoms with E-state index in [1.807, 2.05) is 44.2 Å². The van der Waals surface area contributed by atoms with Crippen molar-refractivity contribution in [2.45, 2.75) is 32.0 Å². The lowest BCUT2D eigenvalue weighted by Crippen LogP contribution is -2.50. The van der Waals surface area contributed by atoms with E-state index in [-0.39, 0.29) is 12.5 Å². The van der Waals surface area contributed by atoms with Gasteiger partial charge in [0, 0.05) is 0 Å². The number of aliphatic hydroxyl groups is 2. The number of aliphatic hydroxyl groups excluding tert-OH is 2. The van der Waals surface area contributed by atoms with E-state index in [2.05, 4.69) is 5.32 Å². The highest BCUT2D eigenvalue weighted by Gasteiger charge is 2.32. The predicted octanol–water partition coefficient (Wildman–Crippen LogP) is 0.868. The Morgan fingerprint density at radius 3 is 2.35 bits per heavy atom. The Hall–Kier alpha value is -1.43. The summed E-state index contributed by atoms with van der Waals surface area (Å²) in [6.07, 6.45) is -0.889. The topological polar surface area (TPSA) is 78.8 Å². The standard InChI is InChI=1S/C15H23NO4/c1-10(2)14(18)13(15(19)20-3)16-12(9-17)11-7-5-4-6-8-11/h4-8,10,12-14,16-18H,9H2,1-3H3/t12-,13+,14+/m1/s1. The van der Waals surface area contributed by atoms with E-state index in [0.717, 1.165) is 5.56 Å². The zero-order valence-electron chi connectivity index (χ0n) is 12.1. The fourth-order valence-electron chi connectivity index (χ4n) is 1.97. The number of nitrogens with one attached hydrogen (secondary N) is 1. The molecule has 1 aromatic rings. The van der Waals surface area contributed by atoms with Crippen LogP contribution in [0.1, 0.15) is 25.5 Å². The van der Waals surface area contributed by atoms with Crippen LogP contribution in [-0.4, -0.2) is 42.0 Å². The molecule has 0 aromatic heterocycles. The molecule has 0 unspecified atom stereocenters. The number of ether oxygens (including phenoxy) is 1. The van der Waals surface area contributed by atoms with Gasteiger partial charge in [-0.2, -0.15) is 0 Å². The zero-order valence-corrected chi connectivity index (χ0v) is 12.1. The molecule has 0 aliphatic heterocycles. The summed E-state index contributed by atoms with van der Waals surface area (Å²) in [4.78, 5) is 11.8. The molecule has 0 aliphatic carbocycles. The molecule has 0 saturated carbocycles. The highest BCUT2D eigenvalue weighted by atomic mass is 16.5. The average molecular weight is 281 g/mol. The first-order valence-electron chi connectivity index (χ1n) is 6.69. The molecule has 0 spiro atoms. The van der Waals surface area contributed by atoms with Crippen LogP contribution in [0.3, 0.4) is 0 Å². The second-order valence-electron chi connectivity index (χ2n) is 5.05. The summed E-state index contributed by atoms with van der Waals surface area (Å²) in [6.45, 7) is 3.46. The minimum absolute atomic E-state index is 0.110. The second kappa shape index (κ2) is 7.99. The van der Waals surface area contributed by atoms with Crippen LogP contribution in [0.15, 0.2) is 30.3 Å². The number of hydrogen-bond donors (Lipinski definition) is 3. The van der Waals surface area contributed by atoms with E-state index in [1.165, 1.54) is 7.11 Å². The molecule has 20 heavy (non-hydrogen) atoms. The Bertz CT molecular complexity index is 408. The molecule has 1 rings (SSSR count). The first kappa shape index (κ1) is 16.6. The van der Waals surface area contributed by atoms with Crippen LogP contribution in [0.2, 0.25) is 0 Å². The van der Waals surface area contributed by atoms with Crippen LogP contribution in [0.4, 0.5) is 0 Å². The molecule has 3 N–H and O–H groups in total. The molecule has 3 atom stereocenters. The molecule has 0 fully saturated rings. The van der Waals surface area contributed by atoms with Crippen molar-refractivity contribution in [3.8, 4) is 0 Å². The summed E-state index contributed by atoms with van der Waals surface area (Å²) in [6, 6.07) is 7.97. The van der Waals surface area contributed by atoms with Gasteiger partial charge in [-0.3, -0.25) is 10.1 Å². The third-order valence-corrected chi connectivity index (χ3v) is 3.24. The molecule has 112 valence electrons. The van der Waals surface area contributed by atoms with Crippen LogP contribution in [-0.2, 0) is 9.53 Å². The fourth-order valence-corrected chi connectivity index (χ4v) is 1.97. The number of carbonyl (C=O) groups excluding carboxylic acids is 1. The van der Waals surface area contributed by atoms with E-state index in [9.17, 15) is 15.0 Å². The Kier molecular flexibility index (Phi) is 6.64. The van der Waals surface area contributed by atoms with Crippen LogP contribution < -0.4 is 5.32 Å². The molecule has 0 bridgehead atoms. The van der Waals surface area contributed by atoms with Gasteiger partial charge in [0.05, 0.1) is 25.9 Å². The highest BCUT2D eigenvalue weighted by Crippen LogP contribution is 2.16. The Labute approximate surface area is 119 Å². The lowest BCUT2D eigenvalue weighted by molar-refractivity contribution is -0.147. The van der Waals surface area contributed by atoms with Crippen molar-refractivity contribution in [3.63, 3.8) is 0 Å². The molecular formula is C15H23NO4. The summed E-state index contributed by atoms with van der Waals surface area (Å²) in [5.74, 6) is -0.651. The summed E-state index contributed by atoms with van der Waals surface area (Å²) in [5.41, 5.74) is 0.847. The Morgan fingerprint density at radius 2 is 1.90 bits per heavy atom. The number of carbonyl (C=O) groups is 1. The van der Waals surface area contributed by atoms with Crippen LogP contribution in [0, 0.1) is 5.92 Å². The van der Waals surface area contributed by atoms with Gasteiger partial charge in [-0.15, -0.1) is 0 Å². The van der Waals surface area contributed by atoms with Crippen LogP contribution >= 0.6 is 0 Å². The third kappa shape index (κ3) is 4.30. The van der Waals surface area contributed by atoms with Gasteiger partial charge in [-0.05, 0) is 11.5 Å². The maximum Gasteiger partial charge on any atom is 0.325 e. The number of esters is 1. The largest absolute Gasteiger partial charge is 0.468 e. The van der Waals surface area contributed by atoms with Crippen LogP contribution in [0.25, 0.3) is 0 Å². The fraction of sp³-hybridized carbons (Fsp3) is 0.533. The van der Waals surface area contributed by atoms with Crippen molar-refractivity contribution in [2.24, 2.45) is 5.92 Å². The van der Waals surface area contributed by atoms with Gasteiger partial charge in [0.1, 0.15) is 6.04 Å². The van der Waals surface area contributed by atoms with Gasteiger partial charge in [0.2, 0.25) is 0 Å². The van der Waals surface area contributed by atoms with Crippen molar-refractivity contribution in [1.82, 2.24) is 5.32 Å². The van der Waals surface area contributed by atoms with Gasteiger partial charge in [-0.25, -0.2) is 0 Å². The lowest BCUT2D eigenvalue weighted by atomic mass is 9.97. The quantitative estimate of drug-likeness (QED) is 0.646. The van der Waals surface area contributed by atoms with E-state index < -0.39 is 24.2 Å². The predicted molar refractivity (Wildman–Crippen MR) is 76.1 cm³/mol. The smallest absolute Gasteiger partial charge is 0.325 e. The summed E-state index contributed by atoms with van der Waals surface area (Å²) in [5, 5.41) is 22.6. The molecule has 0 heterocycles. The van der Waals surface area contributed by atoms with Crippen molar-refractivity contribution in [2.75, 3.05) is 13.7 Å². The minimum atomic E-state index is -0.889. The molecule has 0 aliphatic rings. The van der Waals surface area contributed by atoms with Gasteiger partial charge < -0.3 is 14.9 Å². The average Bonchev–Trinajstić information content (AvgIpc) is 2.48. The van der Waals surface area contributed by atoms with Gasteiger partial charge in [-0.1, -0.05) is 44.2 Å². The minimum Gasteiger partial charge on any atom is -0.468 e. The monoisotopic (exact) mass is 281 g/mol. The van der Waals surface area contributed by atoms with Gasteiger partial charge in [0.25, 0.3) is 0 Å². The molecule has 5 heteroatoms. The number of hydrogen-bond acceptors (Lipinski definition) is 5. The molecule has 0 radical (unpaired) electrons. The molecular weight excluding hydrogens is 258 g/mol. The molecule has 1 aromatic carbocycles. The van der Waals surface area contributed by atoms with E-state index in [1.54, 1.807) is 0 Å². The van der Waals surface area contributed by atoms with Crippen LogP contribution in [0.5, 0.6) is 0 Å². The molecule has 0 amide bonds. The maximum atomic E-state index is 11.8. The molecule has 5 nitrogen and oxygen atoms in total. The first-order chi connectivity index (χ1) is 9.51. The van der Waals surface area contributed by atoms with Crippen molar-refractivity contribution < 1.29 is 19.7 Å². The Balaban J connectivity index is 2.89. The van der Waals surface area contributed by atoms with E-state index in [4.69, 9.17) is 4.74 Å². The summed E-state index contributed by atoms with van der Waals surface area (Å²) < 4.78 is 4.72. The lowest BCUT2D eigenvalue weighted by Gasteiger charge is -2.28. The van der Waals surface area contributed by atoms with Crippen molar-refractivity contribution in [1.29, 1.82) is 0 Å². The van der Waals surface area contributed by atoms with E-state index in [0.29, 0.717) is 0 Å². The van der Waals surface area contributed by atoms with Gasteiger partial charge >= 0.3 is 5.97 Å². The molecule has 0 saturated heterocycles. The van der Waals surface area contributed by atoms with Gasteiger partial charge in [0.15, 0.2) is 0 Å². The number of benzene rings is 1. The zero-order chi connectivity index (χ0) is 15.1. The van der Waals surface area contributed by atoms with Crippen molar-refractivity contribution in [3.05, 3.63) is 35.9 Å². The Morgan fingerprint density at radius 1 is 1.30 bits per heavy atom. The third-order valence-electron chi connectivity index (χ3n) is 3.24. The maximum absolute atomic E-state index is 11.8. The second-order valence-corrected chi connectivity index (χ2v) is 5.05. The summed E-state index contributed by atoms with van der Waals surface area (Å²) >= 11 is 0. The number of methoxy groups -OCH3 is 1.